The van der Waals surface area contributed by atoms with E-state index in [2.05, 4.69) is 20.6 Å². The summed E-state index contributed by atoms with van der Waals surface area (Å²) in [6.45, 7) is 5.37. The van der Waals surface area contributed by atoms with Crippen LogP contribution in [0.5, 0.6) is 0 Å². The van der Waals surface area contributed by atoms with Crippen molar-refractivity contribution in [3.05, 3.63) is 45.8 Å². The lowest BCUT2D eigenvalue weighted by molar-refractivity contribution is 0.0706. The summed E-state index contributed by atoms with van der Waals surface area (Å²) >= 11 is 1.69. The first-order chi connectivity index (χ1) is 12.5. The summed E-state index contributed by atoms with van der Waals surface area (Å²) in [7, 11) is 1.85. The largest absolute Gasteiger partial charge is 0.338 e. The van der Waals surface area contributed by atoms with E-state index in [-0.39, 0.29) is 5.91 Å². The average Bonchev–Trinajstić information content (AvgIpc) is 3.35. The van der Waals surface area contributed by atoms with Gasteiger partial charge in [0.2, 0.25) is 0 Å². The molecule has 4 rings (SSSR count). The van der Waals surface area contributed by atoms with Gasteiger partial charge in [-0.25, -0.2) is 14.3 Å². The smallest absolute Gasteiger partial charge is 0.259 e. The summed E-state index contributed by atoms with van der Waals surface area (Å²) in [5.74, 6) is 1.06. The second kappa shape index (κ2) is 6.68. The molecule has 1 amide bonds. The fourth-order valence-corrected chi connectivity index (χ4v) is 4.56. The Kier molecular flexibility index (Phi) is 4.36. The highest BCUT2D eigenvalue weighted by molar-refractivity contribution is 7.09. The molecule has 1 saturated heterocycles. The van der Waals surface area contributed by atoms with Gasteiger partial charge in [-0.15, -0.1) is 11.3 Å². The molecule has 136 valence electrons. The van der Waals surface area contributed by atoms with Gasteiger partial charge in [-0.05, 0) is 32.8 Å². The summed E-state index contributed by atoms with van der Waals surface area (Å²) in [5.41, 5.74) is 2.42. The van der Waals surface area contributed by atoms with Crippen LogP contribution < -0.4 is 0 Å². The highest BCUT2D eigenvalue weighted by atomic mass is 32.1. The molecule has 0 aliphatic carbocycles. The van der Waals surface area contributed by atoms with E-state index in [1.165, 1.54) is 0 Å². The number of likely N-dealkylation sites (tertiary alicyclic amines) is 1. The van der Waals surface area contributed by atoms with Crippen molar-refractivity contribution in [3.63, 3.8) is 0 Å². The summed E-state index contributed by atoms with van der Waals surface area (Å²) in [6.07, 6.45) is 5.61. The number of carbonyl (C=O) groups excluding carboxylic acids is 1. The van der Waals surface area contributed by atoms with Gasteiger partial charge < -0.3 is 4.90 Å². The van der Waals surface area contributed by atoms with E-state index in [1.807, 2.05) is 38.1 Å². The number of aryl methyl sites for hydroxylation is 3. The lowest BCUT2D eigenvalue weighted by Gasteiger charge is -2.32. The van der Waals surface area contributed by atoms with Gasteiger partial charge in [0.25, 0.3) is 5.91 Å². The first-order valence-electron chi connectivity index (χ1n) is 8.79. The van der Waals surface area contributed by atoms with E-state index in [0.717, 1.165) is 35.8 Å². The van der Waals surface area contributed by atoms with Crippen LogP contribution in [0.3, 0.4) is 0 Å². The van der Waals surface area contributed by atoms with E-state index in [4.69, 9.17) is 0 Å². The number of hydrogen-bond acceptors (Lipinski definition) is 5. The van der Waals surface area contributed by atoms with Gasteiger partial charge in [0, 0.05) is 49.5 Å². The van der Waals surface area contributed by atoms with Gasteiger partial charge in [-0.1, -0.05) is 0 Å². The molecule has 8 heteroatoms. The first-order valence-corrected chi connectivity index (χ1v) is 9.67. The number of thiazole rings is 1. The Balaban J connectivity index is 1.64. The van der Waals surface area contributed by atoms with E-state index in [1.54, 1.807) is 26.9 Å². The third-order valence-electron chi connectivity index (χ3n) is 4.82. The number of amides is 1. The van der Waals surface area contributed by atoms with Crippen LogP contribution in [0.15, 0.2) is 23.8 Å². The van der Waals surface area contributed by atoms with Crippen LogP contribution >= 0.6 is 11.3 Å². The highest BCUT2D eigenvalue weighted by Crippen LogP contribution is 2.31. The maximum absolute atomic E-state index is 13.3. The number of aromatic nitrogens is 5. The molecule has 1 aliphatic rings. The fraction of sp³-hybridized carbons (Fsp3) is 0.444. The van der Waals surface area contributed by atoms with Gasteiger partial charge in [-0.2, -0.15) is 10.2 Å². The van der Waals surface area contributed by atoms with E-state index in [9.17, 15) is 4.79 Å². The molecule has 3 aromatic rings. The molecule has 3 aromatic heterocycles. The summed E-state index contributed by atoms with van der Waals surface area (Å²) in [5, 5.41) is 12.0. The number of carbonyl (C=O) groups is 1. The highest BCUT2D eigenvalue weighted by Gasteiger charge is 2.31. The Labute approximate surface area is 156 Å². The maximum Gasteiger partial charge on any atom is 0.259 e. The molecule has 4 heterocycles. The summed E-state index contributed by atoms with van der Waals surface area (Å²) in [4.78, 5) is 19.9. The van der Waals surface area contributed by atoms with Crippen molar-refractivity contribution in [2.24, 2.45) is 7.05 Å². The number of piperidine rings is 1. The second-order valence-electron chi connectivity index (χ2n) is 6.78. The molecule has 0 aromatic carbocycles. The molecule has 0 radical (unpaired) electrons. The van der Waals surface area contributed by atoms with Crippen LogP contribution in [-0.2, 0) is 7.05 Å². The van der Waals surface area contributed by atoms with Crippen LogP contribution in [0.1, 0.15) is 45.5 Å². The third-order valence-corrected chi connectivity index (χ3v) is 5.95. The molecule has 26 heavy (non-hydrogen) atoms. The predicted octanol–water partition coefficient (Wildman–Crippen LogP) is 2.70. The van der Waals surface area contributed by atoms with Gasteiger partial charge in [0.15, 0.2) is 5.82 Å². The van der Waals surface area contributed by atoms with Gasteiger partial charge in [-0.3, -0.25) is 4.79 Å². The fourth-order valence-electron chi connectivity index (χ4n) is 3.63. The van der Waals surface area contributed by atoms with Crippen LogP contribution in [0, 0.1) is 13.8 Å². The average molecular weight is 370 g/mol. The van der Waals surface area contributed by atoms with E-state index >= 15 is 0 Å². The Morgan fingerprint density at radius 3 is 2.88 bits per heavy atom. The number of rotatable bonds is 3. The van der Waals surface area contributed by atoms with Gasteiger partial charge in [0.1, 0.15) is 5.56 Å². The van der Waals surface area contributed by atoms with Gasteiger partial charge >= 0.3 is 0 Å². The van der Waals surface area contributed by atoms with Crippen molar-refractivity contribution in [1.82, 2.24) is 29.4 Å². The second-order valence-corrected chi connectivity index (χ2v) is 7.67. The molecular formula is C18H22N6OS. The van der Waals surface area contributed by atoms with Gasteiger partial charge in [0.05, 0.1) is 10.7 Å². The van der Waals surface area contributed by atoms with Crippen LogP contribution in [-0.4, -0.2) is 48.4 Å². The van der Waals surface area contributed by atoms with Crippen LogP contribution in [0.25, 0.3) is 5.82 Å². The van der Waals surface area contributed by atoms with E-state index < -0.39 is 0 Å². The Morgan fingerprint density at radius 2 is 2.19 bits per heavy atom. The lowest BCUT2D eigenvalue weighted by Crippen LogP contribution is -2.39. The van der Waals surface area contributed by atoms with Crippen molar-refractivity contribution in [2.75, 3.05) is 13.1 Å². The SMILES string of the molecule is Cc1csc([C@@H]2CCCN(C(=O)c3c(C)nn(C)c3-n3cccn3)C2)n1. The normalized spacial score (nSPS) is 17.7. The Morgan fingerprint density at radius 1 is 1.35 bits per heavy atom. The number of hydrogen-bond donors (Lipinski definition) is 0. The van der Waals surface area contributed by atoms with Crippen molar-refractivity contribution in [1.29, 1.82) is 0 Å². The molecule has 0 bridgehead atoms. The minimum absolute atomic E-state index is 0.0269. The summed E-state index contributed by atoms with van der Waals surface area (Å²) in [6, 6.07) is 1.85. The number of nitrogens with zero attached hydrogens (tertiary/aromatic N) is 6. The molecule has 0 N–H and O–H groups in total. The minimum atomic E-state index is 0.0269. The van der Waals surface area contributed by atoms with Crippen LogP contribution in [0.4, 0.5) is 0 Å². The molecule has 0 unspecified atom stereocenters. The monoisotopic (exact) mass is 370 g/mol. The molecule has 1 atom stereocenters. The standard InChI is InChI=1S/C18H22N6OS/c1-12-11-26-16(20-12)14-6-4-8-23(10-14)18(25)15-13(2)21-22(3)17(15)24-9-5-7-19-24/h5,7,9,11,14H,4,6,8,10H2,1-3H3/t14-/m1/s1. The summed E-state index contributed by atoms with van der Waals surface area (Å²) < 4.78 is 3.43. The van der Waals surface area contributed by atoms with E-state index in [0.29, 0.717) is 23.8 Å². The third kappa shape index (κ3) is 2.94. The van der Waals surface area contributed by atoms with Crippen molar-refractivity contribution in [2.45, 2.75) is 32.6 Å². The molecule has 1 fully saturated rings. The zero-order valence-corrected chi connectivity index (χ0v) is 16.0. The minimum Gasteiger partial charge on any atom is -0.338 e. The molecular weight excluding hydrogens is 348 g/mol. The van der Waals surface area contributed by atoms with Crippen molar-refractivity contribution < 1.29 is 4.79 Å². The van der Waals surface area contributed by atoms with Crippen LogP contribution in [0.2, 0.25) is 0 Å². The zero-order valence-electron chi connectivity index (χ0n) is 15.2. The lowest BCUT2D eigenvalue weighted by atomic mass is 9.98. The molecule has 0 spiro atoms. The molecule has 1 aliphatic heterocycles. The first kappa shape index (κ1) is 17.0. The maximum atomic E-state index is 13.3. The Hall–Kier alpha value is -2.48. The predicted molar refractivity (Wildman–Crippen MR) is 99.8 cm³/mol. The topological polar surface area (TPSA) is 68.8 Å². The molecule has 7 nitrogen and oxygen atoms in total. The Bertz CT molecular complexity index is 926. The molecule has 0 saturated carbocycles. The quantitative estimate of drug-likeness (QED) is 0.711. The van der Waals surface area contributed by atoms with Crippen molar-refractivity contribution >= 4 is 17.2 Å². The zero-order chi connectivity index (χ0) is 18.3. The van der Waals surface area contributed by atoms with Crippen molar-refractivity contribution in [3.8, 4) is 5.82 Å².